The summed E-state index contributed by atoms with van der Waals surface area (Å²) in [6.07, 6.45) is 2.66. The molecule has 4 aromatic rings. The fraction of sp³-hybridized carbons (Fsp3) is 0.167. The summed E-state index contributed by atoms with van der Waals surface area (Å²) in [7, 11) is -3.66. The highest BCUT2D eigenvalue weighted by Gasteiger charge is 2.51. The third-order valence-corrected chi connectivity index (χ3v) is 8.08. The fourth-order valence-corrected chi connectivity index (χ4v) is 6.37. The van der Waals surface area contributed by atoms with Crippen molar-refractivity contribution in [3.05, 3.63) is 81.1 Å². The Balaban J connectivity index is 1.62. The molecule has 1 amide bonds. The van der Waals surface area contributed by atoms with E-state index in [4.69, 9.17) is 23.2 Å². The van der Waals surface area contributed by atoms with Gasteiger partial charge in [0.1, 0.15) is 5.54 Å². The van der Waals surface area contributed by atoms with Crippen LogP contribution in [0.15, 0.2) is 70.5 Å². The molecule has 34 heavy (non-hydrogen) atoms. The zero-order valence-electron chi connectivity index (χ0n) is 18.2. The van der Waals surface area contributed by atoms with E-state index >= 15 is 0 Å². The van der Waals surface area contributed by atoms with Crippen LogP contribution in [0.5, 0.6) is 0 Å². The first-order valence-corrected chi connectivity index (χ1v) is 13.9. The van der Waals surface area contributed by atoms with Crippen LogP contribution < -0.4 is 4.90 Å². The van der Waals surface area contributed by atoms with Crippen molar-refractivity contribution >= 4 is 61.9 Å². The maximum Gasteiger partial charge on any atom is 0.260 e. The highest BCUT2D eigenvalue weighted by atomic mass is 35.5. The van der Waals surface area contributed by atoms with Gasteiger partial charge in [-0.2, -0.15) is 11.3 Å². The average molecular weight is 532 g/mol. The molecule has 0 N–H and O–H groups in total. The van der Waals surface area contributed by atoms with Crippen molar-refractivity contribution in [1.29, 1.82) is 0 Å². The summed E-state index contributed by atoms with van der Waals surface area (Å²) in [6, 6.07) is 14.7. The number of amides is 1. The Kier molecular flexibility index (Phi) is 5.60. The van der Waals surface area contributed by atoms with Crippen molar-refractivity contribution < 1.29 is 13.2 Å². The van der Waals surface area contributed by atoms with Crippen molar-refractivity contribution in [3.8, 4) is 11.1 Å². The van der Waals surface area contributed by atoms with E-state index < -0.39 is 15.4 Å². The maximum atomic E-state index is 13.9. The minimum Gasteiger partial charge on any atom is -0.285 e. The summed E-state index contributed by atoms with van der Waals surface area (Å²) in [5.41, 5.74) is 2.28. The normalized spacial score (nSPS) is 17.9. The molecule has 0 radical (unpaired) electrons. The SMILES string of the molecule is C[C@@]1(Cc2ccc(-c3ccsc3)cc2)C(=O)N(c2cc(Cl)cc(Cl)c2)c2ncc(S(C)(=O)=O)n21. The summed E-state index contributed by atoms with van der Waals surface area (Å²) >= 11 is 14.0. The standard InChI is InChI=1S/C24H19Cl2N3O3S2/c1-24(12-15-3-5-16(6-4-15)17-7-8-33-14-17)22(30)28(20-10-18(25)9-19(26)11-20)23-27-13-21(29(23)24)34(2,31)32/h3-11,13-14H,12H2,1-2H3/t24-/m1/s1. The van der Waals surface area contributed by atoms with Gasteiger partial charge in [0.2, 0.25) is 5.95 Å². The van der Waals surface area contributed by atoms with Gasteiger partial charge in [-0.25, -0.2) is 18.3 Å². The molecule has 0 saturated heterocycles. The van der Waals surface area contributed by atoms with Crippen molar-refractivity contribution in [2.45, 2.75) is 23.9 Å². The predicted molar refractivity (Wildman–Crippen MR) is 136 cm³/mol. The summed E-state index contributed by atoms with van der Waals surface area (Å²) in [5, 5.41) is 4.78. The van der Waals surface area contributed by atoms with Gasteiger partial charge in [0, 0.05) is 22.7 Å². The summed E-state index contributed by atoms with van der Waals surface area (Å²) in [6.45, 7) is 1.73. The van der Waals surface area contributed by atoms with Crippen molar-refractivity contribution in [2.75, 3.05) is 11.2 Å². The van der Waals surface area contributed by atoms with Gasteiger partial charge < -0.3 is 0 Å². The Morgan fingerprint density at radius 1 is 1.03 bits per heavy atom. The van der Waals surface area contributed by atoms with E-state index in [2.05, 4.69) is 10.4 Å². The number of hydrogen-bond acceptors (Lipinski definition) is 5. The van der Waals surface area contributed by atoms with Gasteiger partial charge >= 0.3 is 0 Å². The molecule has 1 aliphatic rings. The molecular weight excluding hydrogens is 513 g/mol. The lowest BCUT2D eigenvalue weighted by atomic mass is 9.91. The molecule has 2 aromatic carbocycles. The number of nitrogens with zero attached hydrogens (tertiary/aromatic N) is 3. The van der Waals surface area contributed by atoms with Crippen molar-refractivity contribution in [2.24, 2.45) is 0 Å². The minimum absolute atomic E-state index is 0.0242. The molecule has 2 aromatic heterocycles. The van der Waals surface area contributed by atoms with E-state index in [0.29, 0.717) is 15.7 Å². The number of hydrogen-bond donors (Lipinski definition) is 0. The summed E-state index contributed by atoms with van der Waals surface area (Å²) < 4.78 is 26.7. The molecule has 0 fully saturated rings. The molecule has 3 heterocycles. The number of imidazole rings is 1. The van der Waals surface area contributed by atoms with E-state index in [-0.39, 0.29) is 23.3 Å². The molecule has 0 saturated carbocycles. The van der Waals surface area contributed by atoms with Gasteiger partial charge in [0.15, 0.2) is 14.9 Å². The molecule has 0 unspecified atom stereocenters. The molecule has 0 bridgehead atoms. The van der Waals surface area contributed by atoms with Crippen molar-refractivity contribution in [1.82, 2.24) is 9.55 Å². The number of rotatable bonds is 5. The number of halogens is 2. The second-order valence-electron chi connectivity index (χ2n) is 8.43. The average Bonchev–Trinajstić information content (AvgIpc) is 3.47. The first-order valence-electron chi connectivity index (χ1n) is 10.3. The topological polar surface area (TPSA) is 72.3 Å². The van der Waals surface area contributed by atoms with Crippen LogP contribution in [0.2, 0.25) is 10.0 Å². The van der Waals surface area contributed by atoms with Gasteiger partial charge in [0.05, 0.1) is 11.9 Å². The predicted octanol–water partition coefficient (Wildman–Crippen LogP) is 5.96. The highest BCUT2D eigenvalue weighted by Crippen LogP contribution is 2.44. The highest BCUT2D eigenvalue weighted by molar-refractivity contribution is 7.90. The van der Waals surface area contributed by atoms with E-state index in [9.17, 15) is 13.2 Å². The Labute approximate surface area is 211 Å². The van der Waals surface area contributed by atoms with Gasteiger partial charge in [-0.05, 0) is 58.6 Å². The number of fused-ring (bicyclic) bond motifs is 1. The second kappa shape index (κ2) is 8.23. The third kappa shape index (κ3) is 3.84. The zero-order chi connectivity index (χ0) is 24.3. The van der Waals surface area contributed by atoms with Gasteiger partial charge in [-0.3, -0.25) is 9.36 Å². The largest absolute Gasteiger partial charge is 0.285 e. The van der Waals surface area contributed by atoms with Crippen LogP contribution in [0.25, 0.3) is 11.1 Å². The van der Waals surface area contributed by atoms with E-state index in [0.717, 1.165) is 22.9 Å². The lowest BCUT2D eigenvalue weighted by molar-refractivity contribution is -0.124. The monoisotopic (exact) mass is 531 g/mol. The lowest BCUT2D eigenvalue weighted by Crippen LogP contribution is -2.41. The van der Waals surface area contributed by atoms with Crippen molar-refractivity contribution in [3.63, 3.8) is 0 Å². The second-order valence-corrected chi connectivity index (χ2v) is 12.0. The first-order chi connectivity index (χ1) is 16.1. The molecule has 5 rings (SSSR count). The molecule has 6 nitrogen and oxygen atoms in total. The Morgan fingerprint density at radius 2 is 1.71 bits per heavy atom. The fourth-order valence-electron chi connectivity index (χ4n) is 4.33. The quantitative estimate of drug-likeness (QED) is 0.318. The van der Waals surface area contributed by atoms with Gasteiger partial charge in [-0.15, -0.1) is 0 Å². The molecule has 0 spiro atoms. The molecule has 174 valence electrons. The van der Waals surface area contributed by atoms with Crippen LogP contribution >= 0.6 is 34.5 Å². The first kappa shape index (κ1) is 23.1. The Hall–Kier alpha value is -2.65. The van der Waals surface area contributed by atoms with E-state index in [1.807, 2.05) is 35.7 Å². The number of carbonyl (C=O) groups is 1. The van der Waals surface area contributed by atoms with Crippen LogP contribution in [0, 0.1) is 0 Å². The molecule has 0 aliphatic carbocycles. The zero-order valence-corrected chi connectivity index (χ0v) is 21.3. The number of sulfone groups is 1. The van der Waals surface area contributed by atoms with Gasteiger partial charge in [-0.1, -0.05) is 47.5 Å². The number of carbonyl (C=O) groups excluding carboxylic acids is 1. The minimum atomic E-state index is -3.66. The van der Waals surface area contributed by atoms with Crippen LogP contribution in [-0.2, 0) is 26.6 Å². The van der Waals surface area contributed by atoms with Gasteiger partial charge in [0.25, 0.3) is 5.91 Å². The summed E-state index contributed by atoms with van der Waals surface area (Å²) in [4.78, 5) is 19.6. The molecular formula is C24H19Cl2N3O3S2. The number of benzene rings is 2. The van der Waals surface area contributed by atoms with Crippen LogP contribution in [-0.4, -0.2) is 30.1 Å². The summed E-state index contributed by atoms with van der Waals surface area (Å²) in [5.74, 6) is -0.109. The van der Waals surface area contributed by atoms with Crippen LogP contribution in [0.3, 0.4) is 0 Å². The molecule has 1 atom stereocenters. The van der Waals surface area contributed by atoms with E-state index in [1.165, 1.54) is 15.7 Å². The van der Waals surface area contributed by atoms with E-state index in [1.54, 1.807) is 36.5 Å². The Bertz CT molecular complexity index is 1490. The molecule has 1 aliphatic heterocycles. The Morgan fingerprint density at radius 3 is 2.29 bits per heavy atom. The third-order valence-electron chi connectivity index (χ3n) is 5.91. The number of thiophene rings is 1. The maximum absolute atomic E-state index is 13.9. The number of aromatic nitrogens is 2. The van der Waals surface area contributed by atoms with Crippen LogP contribution in [0.4, 0.5) is 11.6 Å². The molecule has 10 heteroatoms. The van der Waals surface area contributed by atoms with Crippen LogP contribution in [0.1, 0.15) is 12.5 Å². The smallest absolute Gasteiger partial charge is 0.260 e. The number of anilines is 2. The lowest BCUT2D eigenvalue weighted by Gasteiger charge is -2.26.